The largest absolute Gasteiger partial charge is 0.467 e. The molecule has 1 unspecified atom stereocenters. The molecule has 226 valence electrons. The van der Waals surface area contributed by atoms with Gasteiger partial charge in [0.05, 0.1) is 18.9 Å². The second-order valence-corrected chi connectivity index (χ2v) is 13.0. The first kappa shape index (κ1) is 31.0. The quantitative estimate of drug-likeness (QED) is 0.391. The maximum Gasteiger partial charge on any atom is 0.259 e. The zero-order valence-corrected chi connectivity index (χ0v) is 25.5. The summed E-state index contributed by atoms with van der Waals surface area (Å²) in [6.45, 7) is 12.7. The normalized spacial score (nSPS) is 23.3. The molecule has 1 saturated carbocycles. The van der Waals surface area contributed by atoms with Gasteiger partial charge in [0.2, 0.25) is 5.91 Å². The number of carbonyl (C=O) groups excluding carboxylic acids is 2. The fraction of sp³-hybridized carbons (Fsp3) is 0.677. The van der Waals surface area contributed by atoms with Gasteiger partial charge < -0.3 is 30.0 Å². The third-order valence-electron chi connectivity index (χ3n) is 8.02. The van der Waals surface area contributed by atoms with Gasteiger partial charge in [-0.2, -0.15) is 0 Å². The Morgan fingerprint density at radius 1 is 1.20 bits per heavy atom. The number of hydrogen-bond acceptors (Lipinski definition) is 8. The lowest BCUT2D eigenvalue weighted by molar-refractivity contribution is -0.127. The zero-order chi connectivity index (χ0) is 29.6. The minimum Gasteiger partial charge on any atom is -0.467 e. The van der Waals surface area contributed by atoms with Crippen molar-refractivity contribution in [1.82, 2.24) is 25.5 Å². The lowest BCUT2D eigenvalue weighted by Crippen LogP contribution is -2.58. The smallest absolute Gasteiger partial charge is 0.259 e. The van der Waals surface area contributed by atoms with E-state index in [1.807, 2.05) is 17.0 Å². The minimum atomic E-state index is -0.276. The molecule has 0 spiro atoms. The summed E-state index contributed by atoms with van der Waals surface area (Å²) in [6.07, 6.45) is 7.78. The van der Waals surface area contributed by atoms with E-state index in [9.17, 15) is 9.59 Å². The molecule has 10 nitrogen and oxygen atoms in total. The van der Waals surface area contributed by atoms with Crippen LogP contribution >= 0.6 is 0 Å². The minimum absolute atomic E-state index is 0.0245. The Morgan fingerprint density at radius 2 is 1.95 bits per heavy atom. The van der Waals surface area contributed by atoms with Gasteiger partial charge in [-0.05, 0) is 50.2 Å². The van der Waals surface area contributed by atoms with E-state index in [4.69, 9.17) is 14.1 Å². The number of amides is 2. The highest BCUT2D eigenvalue weighted by atomic mass is 16.5. The van der Waals surface area contributed by atoms with E-state index < -0.39 is 0 Å². The topological polar surface area (TPSA) is 122 Å². The van der Waals surface area contributed by atoms with Gasteiger partial charge in [-0.1, -0.05) is 34.6 Å². The molecule has 2 aromatic heterocycles. The number of carbonyl (C=O) groups is 2. The van der Waals surface area contributed by atoms with Gasteiger partial charge in [0, 0.05) is 56.4 Å². The molecule has 2 aromatic rings. The van der Waals surface area contributed by atoms with Crippen LogP contribution in [0.15, 0.2) is 29.0 Å². The highest BCUT2D eigenvalue weighted by Gasteiger charge is 2.34. The molecule has 1 aliphatic carbocycles. The van der Waals surface area contributed by atoms with Crippen molar-refractivity contribution >= 4 is 17.6 Å². The SMILES string of the molecule is COC1CCC(C(=O)NC2CNC[C@@H](N(CC(C)C)C(=O)c3cnc(C(C)(C)C)nc3NCc3ccco3)C2)CC1. The molecule has 1 aliphatic heterocycles. The summed E-state index contributed by atoms with van der Waals surface area (Å²) in [4.78, 5) is 38.6. The lowest BCUT2D eigenvalue weighted by atomic mass is 9.86. The molecule has 3 heterocycles. The molecule has 10 heteroatoms. The first-order chi connectivity index (χ1) is 19.5. The Balaban J connectivity index is 1.51. The van der Waals surface area contributed by atoms with Gasteiger partial charge in [0.15, 0.2) is 0 Å². The number of anilines is 1. The second-order valence-electron chi connectivity index (χ2n) is 13.0. The summed E-state index contributed by atoms with van der Waals surface area (Å²) in [7, 11) is 1.74. The number of methoxy groups -OCH3 is 1. The summed E-state index contributed by atoms with van der Waals surface area (Å²) in [5.74, 6) is 2.20. The maximum atomic E-state index is 14.2. The van der Waals surface area contributed by atoms with Crippen LogP contribution in [0, 0.1) is 11.8 Å². The molecule has 2 atom stereocenters. The fourth-order valence-electron chi connectivity index (χ4n) is 5.71. The van der Waals surface area contributed by atoms with Crippen LogP contribution in [0.3, 0.4) is 0 Å². The number of nitrogens with zero attached hydrogens (tertiary/aromatic N) is 3. The number of hydrogen-bond donors (Lipinski definition) is 3. The predicted molar refractivity (Wildman–Crippen MR) is 159 cm³/mol. The molecule has 2 fully saturated rings. The Labute approximate surface area is 244 Å². The van der Waals surface area contributed by atoms with Crippen LogP contribution in [-0.2, 0) is 21.5 Å². The van der Waals surface area contributed by atoms with Crippen LogP contribution in [0.1, 0.15) is 88.7 Å². The molecule has 1 saturated heterocycles. The van der Waals surface area contributed by atoms with Crippen molar-refractivity contribution in [3.63, 3.8) is 0 Å². The van der Waals surface area contributed by atoms with E-state index in [1.54, 1.807) is 19.6 Å². The third kappa shape index (κ3) is 8.29. The van der Waals surface area contributed by atoms with E-state index in [2.05, 4.69) is 55.6 Å². The molecular formula is C31H48N6O4. The van der Waals surface area contributed by atoms with Gasteiger partial charge in [-0.15, -0.1) is 0 Å². The van der Waals surface area contributed by atoms with E-state index in [-0.39, 0.29) is 47.3 Å². The van der Waals surface area contributed by atoms with Gasteiger partial charge >= 0.3 is 0 Å². The highest BCUT2D eigenvalue weighted by molar-refractivity contribution is 5.98. The highest BCUT2D eigenvalue weighted by Crippen LogP contribution is 2.27. The Kier molecular flexibility index (Phi) is 10.4. The number of ether oxygens (including phenoxy) is 1. The molecule has 4 rings (SSSR count). The van der Waals surface area contributed by atoms with Crippen LogP contribution in [-0.4, -0.2) is 71.6 Å². The van der Waals surface area contributed by atoms with E-state index in [1.165, 1.54) is 0 Å². The van der Waals surface area contributed by atoms with Crippen molar-refractivity contribution in [3.05, 3.63) is 41.7 Å². The predicted octanol–water partition coefficient (Wildman–Crippen LogP) is 4.13. The van der Waals surface area contributed by atoms with Gasteiger partial charge in [0.25, 0.3) is 5.91 Å². The summed E-state index contributed by atoms with van der Waals surface area (Å²) < 4.78 is 11.0. The maximum absolute atomic E-state index is 14.2. The number of piperidine rings is 1. The molecule has 0 bridgehead atoms. The van der Waals surface area contributed by atoms with Gasteiger partial charge in [0.1, 0.15) is 23.0 Å². The van der Waals surface area contributed by atoms with Crippen molar-refractivity contribution in [2.45, 2.75) is 96.9 Å². The number of rotatable bonds is 10. The number of aromatic nitrogens is 2. The zero-order valence-electron chi connectivity index (χ0n) is 25.5. The molecule has 2 amide bonds. The Bertz CT molecular complexity index is 1140. The summed E-state index contributed by atoms with van der Waals surface area (Å²) in [6, 6.07) is 3.61. The van der Waals surface area contributed by atoms with Crippen molar-refractivity contribution in [1.29, 1.82) is 0 Å². The second kappa shape index (κ2) is 13.8. The summed E-state index contributed by atoms with van der Waals surface area (Å²) in [5, 5.41) is 10.1. The van der Waals surface area contributed by atoms with Crippen molar-refractivity contribution < 1.29 is 18.7 Å². The molecule has 41 heavy (non-hydrogen) atoms. The number of nitrogens with one attached hydrogen (secondary N) is 3. The van der Waals surface area contributed by atoms with Crippen LogP contribution in [0.5, 0.6) is 0 Å². The van der Waals surface area contributed by atoms with Gasteiger partial charge in [-0.3, -0.25) is 9.59 Å². The monoisotopic (exact) mass is 568 g/mol. The Hall–Kier alpha value is -2.98. The van der Waals surface area contributed by atoms with Crippen LogP contribution < -0.4 is 16.0 Å². The van der Waals surface area contributed by atoms with Crippen molar-refractivity contribution in [3.8, 4) is 0 Å². The summed E-state index contributed by atoms with van der Waals surface area (Å²) in [5.41, 5.74) is 0.160. The molecule has 0 aromatic carbocycles. The molecular weight excluding hydrogens is 520 g/mol. The summed E-state index contributed by atoms with van der Waals surface area (Å²) >= 11 is 0. The van der Waals surface area contributed by atoms with Crippen molar-refractivity contribution in [2.75, 3.05) is 32.1 Å². The Morgan fingerprint density at radius 3 is 2.59 bits per heavy atom. The fourth-order valence-corrected chi connectivity index (χ4v) is 5.71. The first-order valence-corrected chi connectivity index (χ1v) is 15.0. The van der Waals surface area contributed by atoms with Crippen LogP contribution in [0.2, 0.25) is 0 Å². The van der Waals surface area contributed by atoms with E-state index in [0.717, 1.165) is 31.4 Å². The molecule has 3 N–H and O–H groups in total. The average Bonchev–Trinajstić information content (AvgIpc) is 3.48. The van der Waals surface area contributed by atoms with E-state index in [0.29, 0.717) is 49.8 Å². The standard InChI is InChI=1S/C31H48N6O4/c1-20(2)19-37(23-14-22(15-32-16-23)35-28(38)21-9-11-24(40-6)12-10-21)29(39)26-18-34-30(31(3,4)5)36-27(26)33-17-25-8-7-13-41-25/h7-8,13,18,20-24,32H,9-12,14-17,19H2,1-6H3,(H,35,38)(H,33,34,36)/t21?,22?,23-,24?/m0/s1. The van der Waals surface area contributed by atoms with E-state index >= 15 is 0 Å². The number of furan rings is 1. The van der Waals surface area contributed by atoms with Crippen molar-refractivity contribution in [2.24, 2.45) is 11.8 Å². The molecule has 2 aliphatic rings. The average molecular weight is 569 g/mol. The van der Waals surface area contributed by atoms with Crippen LogP contribution in [0.4, 0.5) is 5.82 Å². The van der Waals surface area contributed by atoms with Crippen LogP contribution in [0.25, 0.3) is 0 Å². The molecule has 0 radical (unpaired) electrons. The third-order valence-corrected chi connectivity index (χ3v) is 8.02. The first-order valence-electron chi connectivity index (χ1n) is 15.0. The lowest BCUT2D eigenvalue weighted by Gasteiger charge is -2.39. The van der Waals surface area contributed by atoms with Gasteiger partial charge in [-0.25, -0.2) is 9.97 Å².